The van der Waals surface area contributed by atoms with Crippen molar-refractivity contribution in [3.8, 4) is 11.5 Å². The summed E-state index contributed by atoms with van der Waals surface area (Å²) in [5.74, 6) is 1.41. The van der Waals surface area contributed by atoms with E-state index < -0.39 is 0 Å². The van der Waals surface area contributed by atoms with E-state index in [0.717, 1.165) is 22.3 Å². The largest absolute Gasteiger partial charge is 0.456 e. The predicted octanol–water partition coefficient (Wildman–Crippen LogP) is 4.38. The lowest BCUT2D eigenvalue weighted by atomic mass is 10.2. The summed E-state index contributed by atoms with van der Waals surface area (Å²) in [4.78, 5) is 8.47. The average Bonchev–Trinajstić information content (AvgIpc) is 2.39. The highest BCUT2D eigenvalue weighted by Crippen LogP contribution is 2.28. The van der Waals surface area contributed by atoms with Gasteiger partial charge in [-0.15, -0.1) is 0 Å². The van der Waals surface area contributed by atoms with Crippen LogP contribution in [0.2, 0.25) is 5.02 Å². The van der Waals surface area contributed by atoms with Crippen LogP contribution in [0.5, 0.6) is 11.5 Å². The van der Waals surface area contributed by atoms with E-state index in [1.54, 1.807) is 12.4 Å². The van der Waals surface area contributed by atoms with E-state index in [9.17, 15) is 0 Å². The second-order valence-corrected chi connectivity index (χ2v) is 4.62. The fraction of sp³-hybridized carbons (Fsp3) is 0.0667. The summed E-state index contributed by atoms with van der Waals surface area (Å²) in [7, 11) is 0. The van der Waals surface area contributed by atoms with Crippen LogP contribution in [0.1, 0.15) is 5.69 Å². The molecule has 3 nitrogen and oxygen atoms in total. The molecule has 0 bridgehead atoms. The maximum absolute atomic E-state index is 6.18. The molecule has 94 valence electrons. The van der Waals surface area contributed by atoms with Crippen LogP contribution in [-0.4, -0.2) is 9.97 Å². The van der Waals surface area contributed by atoms with Gasteiger partial charge in [-0.05, 0) is 37.3 Å². The number of ether oxygens (including phenoxy) is 1. The van der Waals surface area contributed by atoms with Crippen molar-refractivity contribution < 1.29 is 4.74 Å². The zero-order chi connectivity index (χ0) is 13.2. The Balaban J connectivity index is 2.02. The van der Waals surface area contributed by atoms with E-state index in [-0.39, 0.29) is 0 Å². The van der Waals surface area contributed by atoms with E-state index >= 15 is 0 Å². The van der Waals surface area contributed by atoms with Crippen LogP contribution in [0.4, 0.5) is 0 Å². The monoisotopic (exact) mass is 270 g/mol. The lowest BCUT2D eigenvalue weighted by Gasteiger charge is -2.07. The quantitative estimate of drug-likeness (QED) is 0.693. The minimum atomic E-state index is 0.695. The Morgan fingerprint density at radius 1 is 1.11 bits per heavy atom. The smallest absolute Gasteiger partial charge is 0.145 e. The van der Waals surface area contributed by atoms with Gasteiger partial charge in [0, 0.05) is 23.3 Å². The van der Waals surface area contributed by atoms with Gasteiger partial charge >= 0.3 is 0 Å². The van der Waals surface area contributed by atoms with Crippen molar-refractivity contribution in [3.63, 3.8) is 0 Å². The molecule has 2 aromatic heterocycles. The highest BCUT2D eigenvalue weighted by molar-refractivity contribution is 6.35. The number of hydrogen-bond acceptors (Lipinski definition) is 3. The highest BCUT2D eigenvalue weighted by Gasteiger charge is 2.04. The molecular weight excluding hydrogens is 260 g/mol. The summed E-state index contributed by atoms with van der Waals surface area (Å²) in [6.45, 7) is 1.92. The molecule has 0 aliphatic carbocycles. The molecule has 0 aliphatic heterocycles. The van der Waals surface area contributed by atoms with Gasteiger partial charge in [-0.2, -0.15) is 0 Å². The van der Waals surface area contributed by atoms with E-state index in [2.05, 4.69) is 9.97 Å². The second-order valence-electron chi connectivity index (χ2n) is 4.22. The number of hydrogen-bond donors (Lipinski definition) is 0. The van der Waals surface area contributed by atoms with Gasteiger partial charge in [0.2, 0.25) is 0 Å². The summed E-state index contributed by atoms with van der Waals surface area (Å²) >= 11 is 6.18. The van der Waals surface area contributed by atoms with Crippen LogP contribution in [0.3, 0.4) is 0 Å². The Kier molecular flexibility index (Phi) is 3.05. The third kappa shape index (κ3) is 2.51. The third-order valence-electron chi connectivity index (χ3n) is 2.73. The molecule has 4 heteroatoms. The Bertz CT molecular complexity index is 729. The number of rotatable bonds is 2. The highest BCUT2D eigenvalue weighted by atomic mass is 35.5. The van der Waals surface area contributed by atoms with E-state index in [1.165, 1.54) is 0 Å². The zero-order valence-corrected chi connectivity index (χ0v) is 11.1. The first kappa shape index (κ1) is 11.9. The minimum Gasteiger partial charge on any atom is -0.456 e. The average molecular weight is 271 g/mol. The number of fused-ring (bicyclic) bond motifs is 1. The summed E-state index contributed by atoms with van der Waals surface area (Å²) in [6, 6.07) is 11.2. The van der Waals surface area contributed by atoms with Gasteiger partial charge in [-0.1, -0.05) is 11.6 Å². The molecule has 1 aromatic carbocycles. The van der Waals surface area contributed by atoms with Crippen molar-refractivity contribution in [2.24, 2.45) is 0 Å². The van der Waals surface area contributed by atoms with Crippen LogP contribution in [0.25, 0.3) is 10.9 Å². The number of aromatic nitrogens is 2. The number of benzene rings is 1. The first-order valence-electron chi connectivity index (χ1n) is 5.87. The summed E-state index contributed by atoms with van der Waals surface area (Å²) < 4.78 is 5.72. The van der Waals surface area contributed by atoms with Crippen LogP contribution in [0, 0.1) is 6.92 Å². The Morgan fingerprint density at radius 2 is 2.00 bits per heavy atom. The molecule has 0 atom stereocenters. The van der Waals surface area contributed by atoms with E-state index in [0.29, 0.717) is 10.8 Å². The van der Waals surface area contributed by atoms with Gasteiger partial charge in [0.1, 0.15) is 11.5 Å². The lowest BCUT2D eigenvalue weighted by Crippen LogP contribution is -1.88. The van der Waals surface area contributed by atoms with Gasteiger partial charge < -0.3 is 4.74 Å². The van der Waals surface area contributed by atoms with Gasteiger partial charge in [0.25, 0.3) is 0 Å². The molecule has 0 radical (unpaired) electrons. The first-order valence-corrected chi connectivity index (χ1v) is 6.25. The topological polar surface area (TPSA) is 35.0 Å². The van der Waals surface area contributed by atoms with Gasteiger partial charge in [0.05, 0.1) is 16.7 Å². The molecule has 0 aliphatic rings. The van der Waals surface area contributed by atoms with Crippen LogP contribution in [0.15, 0.2) is 48.8 Å². The van der Waals surface area contributed by atoms with Crippen molar-refractivity contribution in [2.75, 3.05) is 0 Å². The van der Waals surface area contributed by atoms with Gasteiger partial charge in [-0.25, -0.2) is 0 Å². The molecule has 0 amide bonds. The molecule has 0 fully saturated rings. The molecular formula is C15H11ClN2O. The number of halogens is 1. The zero-order valence-electron chi connectivity index (χ0n) is 10.3. The summed E-state index contributed by atoms with van der Waals surface area (Å²) in [5.41, 5.74) is 1.71. The molecule has 3 aromatic rings. The molecule has 2 heterocycles. The van der Waals surface area contributed by atoms with Crippen molar-refractivity contribution in [1.29, 1.82) is 0 Å². The van der Waals surface area contributed by atoms with E-state index in [4.69, 9.17) is 16.3 Å². The number of aryl methyl sites for hydroxylation is 1. The summed E-state index contributed by atoms with van der Waals surface area (Å²) in [6.07, 6.45) is 3.37. The molecule has 0 saturated carbocycles. The van der Waals surface area contributed by atoms with Crippen LogP contribution < -0.4 is 4.74 Å². The fourth-order valence-corrected chi connectivity index (χ4v) is 2.21. The maximum Gasteiger partial charge on any atom is 0.145 e. The molecule has 19 heavy (non-hydrogen) atoms. The van der Waals surface area contributed by atoms with Crippen molar-refractivity contribution in [2.45, 2.75) is 6.92 Å². The van der Waals surface area contributed by atoms with Crippen molar-refractivity contribution in [1.82, 2.24) is 9.97 Å². The SMILES string of the molecule is Cc1cc(Cl)c2ccc(Oc3cccnc3)cc2n1. The predicted molar refractivity (Wildman–Crippen MR) is 75.8 cm³/mol. The Labute approximate surface area is 115 Å². The van der Waals surface area contributed by atoms with Crippen LogP contribution >= 0.6 is 11.6 Å². The maximum atomic E-state index is 6.18. The van der Waals surface area contributed by atoms with Crippen molar-refractivity contribution in [3.05, 3.63) is 59.5 Å². The number of pyridine rings is 2. The third-order valence-corrected chi connectivity index (χ3v) is 3.04. The molecule has 0 saturated heterocycles. The second kappa shape index (κ2) is 4.86. The Hall–Kier alpha value is -2.13. The minimum absolute atomic E-state index is 0.695. The summed E-state index contributed by atoms with van der Waals surface area (Å²) in [5, 5.41) is 1.63. The molecule has 0 spiro atoms. The molecule has 0 N–H and O–H groups in total. The van der Waals surface area contributed by atoms with Crippen LogP contribution in [-0.2, 0) is 0 Å². The van der Waals surface area contributed by atoms with Gasteiger partial charge in [-0.3, -0.25) is 9.97 Å². The Morgan fingerprint density at radius 3 is 2.79 bits per heavy atom. The normalized spacial score (nSPS) is 10.6. The first-order chi connectivity index (χ1) is 9.22. The molecule has 3 rings (SSSR count). The van der Waals surface area contributed by atoms with E-state index in [1.807, 2.05) is 43.3 Å². The van der Waals surface area contributed by atoms with Crippen molar-refractivity contribution >= 4 is 22.5 Å². The fourth-order valence-electron chi connectivity index (χ4n) is 1.90. The lowest BCUT2D eigenvalue weighted by molar-refractivity contribution is 0.481. The molecule has 0 unspecified atom stereocenters. The standard InChI is InChI=1S/C15H11ClN2O/c1-10-7-14(16)13-5-4-11(8-15(13)18-10)19-12-3-2-6-17-9-12/h2-9H,1H3. The number of nitrogens with zero attached hydrogens (tertiary/aromatic N) is 2. The van der Waals surface area contributed by atoms with Gasteiger partial charge in [0.15, 0.2) is 0 Å².